The number of aryl methyl sites for hydroxylation is 1. The van der Waals surface area contributed by atoms with E-state index < -0.39 is 0 Å². The molecule has 0 saturated carbocycles. The molecular weight excluding hydrogens is 236 g/mol. The Morgan fingerprint density at radius 1 is 1.16 bits per heavy atom. The molecule has 3 rings (SSSR count). The van der Waals surface area contributed by atoms with Gasteiger partial charge in [0.05, 0.1) is 6.61 Å². The summed E-state index contributed by atoms with van der Waals surface area (Å²) in [6, 6.07) is 8.83. The average molecular weight is 260 g/mol. The summed E-state index contributed by atoms with van der Waals surface area (Å²) < 4.78 is 5.59. The Labute approximate surface area is 115 Å². The van der Waals surface area contributed by atoms with Crippen molar-refractivity contribution in [2.45, 2.75) is 31.2 Å². The number of benzene rings is 1. The number of hydrogen-bond acceptors (Lipinski definition) is 3. The first-order chi connectivity index (χ1) is 9.34. The first-order valence-corrected chi connectivity index (χ1v) is 7.44. The van der Waals surface area contributed by atoms with Crippen molar-refractivity contribution in [3.05, 3.63) is 35.4 Å². The van der Waals surface area contributed by atoms with Crippen molar-refractivity contribution in [1.29, 1.82) is 0 Å². The standard InChI is InChI=1S/C16H24N2O/c17-13-16(18-8-3-10-19-11-9-18)7-6-14-4-1-2-5-15(14)12-16/h1-2,4-5H,3,6-13,17H2. The quantitative estimate of drug-likeness (QED) is 0.877. The maximum atomic E-state index is 6.19. The van der Waals surface area contributed by atoms with Crippen LogP contribution in [0.25, 0.3) is 0 Å². The van der Waals surface area contributed by atoms with Gasteiger partial charge in [-0.2, -0.15) is 0 Å². The third-order valence-electron chi connectivity index (χ3n) is 4.77. The van der Waals surface area contributed by atoms with Gasteiger partial charge in [0, 0.05) is 31.8 Å². The highest BCUT2D eigenvalue weighted by molar-refractivity contribution is 5.32. The fraction of sp³-hybridized carbons (Fsp3) is 0.625. The van der Waals surface area contributed by atoms with Crippen LogP contribution in [-0.4, -0.2) is 43.3 Å². The van der Waals surface area contributed by atoms with E-state index >= 15 is 0 Å². The SMILES string of the molecule is NCC1(N2CCCOCC2)CCc2ccccc2C1. The monoisotopic (exact) mass is 260 g/mol. The van der Waals surface area contributed by atoms with Gasteiger partial charge in [-0.1, -0.05) is 24.3 Å². The predicted molar refractivity (Wildman–Crippen MR) is 77.3 cm³/mol. The molecular formula is C16H24N2O. The summed E-state index contributed by atoms with van der Waals surface area (Å²) in [7, 11) is 0. The zero-order valence-electron chi connectivity index (χ0n) is 11.6. The lowest BCUT2D eigenvalue weighted by Gasteiger charge is -2.46. The number of hydrogen-bond donors (Lipinski definition) is 1. The summed E-state index contributed by atoms with van der Waals surface area (Å²) in [5, 5.41) is 0. The minimum absolute atomic E-state index is 0.155. The highest BCUT2D eigenvalue weighted by atomic mass is 16.5. The molecule has 19 heavy (non-hydrogen) atoms. The van der Waals surface area contributed by atoms with E-state index in [9.17, 15) is 0 Å². The van der Waals surface area contributed by atoms with Gasteiger partial charge in [-0.3, -0.25) is 4.90 Å². The molecule has 3 nitrogen and oxygen atoms in total. The molecule has 0 radical (unpaired) electrons. The molecule has 1 aliphatic heterocycles. The molecule has 1 heterocycles. The Hall–Kier alpha value is -0.900. The van der Waals surface area contributed by atoms with Crippen LogP contribution in [0.15, 0.2) is 24.3 Å². The van der Waals surface area contributed by atoms with E-state index in [1.165, 1.54) is 17.5 Å². The molecule has 1 atom stereocenters. The highest BCUT2D eigenvalue weighted by Crippen LogP contribution is 2.33. The molecule has 1 aromatic carbocycles. The summed E-state index contributed by atoms with van der Waals surface area (Å²) in [4.78, 5) is 2.59. The van der Waals surface area contributed by atoms with E-state index in [0.717, 1.165) is 52.1 Å². The van der Waals surface area contributed by atoms with Crippen molar-refractivity contribution in [3.63, 3.8) is 0 Å². The Bertz CT molecular complexity index is 427. The lowest BCUT2D eigenvalue weighted by atomic mass is 9.76. The Kier molecular flexibility index (Phi) is 3.87. The molecule has 1 aromatic rings. The minimum atomic E-state index is 0.155. The lowest BCUT2D eigenvalue weighted by Crippen LogP contribution is -2.57. The molecule has 2 aliphatic rings. The number of nitrogens with zero attached hydrogens (tertiary/aromatic N) is 1. The second-order valence-electron chi connectivity index (χ2n) is 5.83. The Morgan fingerprint density at radius 2 is 2.00 bits per heavy atom. The van der Waals surface area contributed by atoms with Gasteiger partial charge < -0.3 is 10.5 Å². The maximum Gasteiger partial charge on any atom is 0.0593 e. The Morgan fingerprint density at radius 3 is 2.84 bits per heavy atom. The Balaban J connectivity index is 1.84. The van der Waals surface area contributed by atoms with Crippen molar-refractivity contribution in [3.8, 4) is 0 Å². The molecule has 1 fully saturated rings. The highest BCUT2D eigenvalue weighted by Gasteiger charge is 2.38. The largest absolute Gasteiger partial charge is 0.380 e. The lowest BCUT2D eigenvalue weighted by molar-refractivity contribution is 0.0707. The van der Waals surface area contributed by atoms with Gasteiger partial charge >= 0.3 is 0 Å². The number of rotatable bonds is 2. The fourth-order valence-corrected chi connectivity index (χ4v) is 3.58. The van der Waals surface area contributed by atoms with Crippen LogP contribution in [0.3, 0.4) is 0 Å². The van der Waals surface area contributed by atoms with Gasteiger partial charge in [0.1, 0.15) is 0 Å². The third-order valence-corrected chi connectivity index (χ3v) is 4.77. The molecule has 0 amide bonds. The molecule has 0 aromatic heterocycles. The average Bonchev–Trinajstić information content (AvgIpc) is 2.76. The first-order valence-electron chi connectivity index (χ1n) is 7.44. The van der Waals surface area contributed by atoms with Crippen molar-refractivity contribution in [2.24, 2.45) is 5.73 Å². The van der Waals surface area contributed by atoms with Crippen molar-refractivity contribution < 1.29 is 4.74 Å². The van der Waals surface area contributed by atoms with Crippen LogP contribution in [0.5, 0.6) is 0 Å². The van der Waals surface area contributed by atoms with Crippen molar-refractivity contribution in [1.82, 2.24) is 4.90 Å². The molecule has 3 heteroatoms. The van der Waals surface area contributed by atoms with Crippen LogP contribution in [0, 0.1) is 0 Å². The van der Waals surface area contributed by atoms with Gasteiger partial charge in [0.2, 0.25) is 0 Å². The molecule has 1 aliphatic carbocycles. The van der Waals surface area contributed by atoms with Gasteiger partial charge in [-0.05, 0) is 36.8 Å². The normalized spacial score (nSPS) is 28.7. The van der Waals surface area contributed by atoms with E-state index in [2.05, 4.69) is 29.2 Å². The first kappa shape index (κ1) is 13.1. The van der Waals surface area contributed by atoms with Crippen molar-refractivity contribution >= 4 is 0 Å². The summed E-state index contributed by atoms with van der Waals surface area (Å²) >= 11 is 0. The van der Waals surface area contributed by atoms with Gasteiger partial charge in [-0.15, -0.1) is 0 Å². The van der Waals surface area contributed by atoms with Crippen molar-refractivity contribution in [2.75, 3.05) is 32.8 Å². The summed E-state index contributed by atoms with van der Waals surface area (Å²) in [5.74, 6) is 0. The van der Waals surface area contributed by atoms with Crippen LogP contribution in [0.1, 0.15) is 24.0 Å². The maximum absolute atomic E-state index is 6.19. The van der Waals surface area contributed by atoms with E-state index in [1.54, 1.807) is 0 Å². The number of nitrogens with two attached hydrogens (primary N) is 1. The number of fused-ring (bicyclic) bond motifs is 1. The van der Waals surface area contributed by atoms with Crippen LogP contribution < -0.4 is 5.73 Å². The van der Waals surface area contributed by atoms with Crippen LogP contribution in [0.2, 0.25) is 0 Å². The van der Waals surface area contributed by atoms with E-state index in [4.69, 9.17) is 10.5 Å². The molecule has 0 spiro atoms. The van der Waals surface area contributed by atoms with Gasteiger partial charge in [0.15, 0.2) is 0 Å². The molecule has 1 saturated heterocycles. The minimum Gasteiger partial charge on any atom is -0.380 e. The molecule has 1 unspecified atom stereocenters. The number of ether oxygens (including phenoxy) is 1. The second kappa shape index (κ2) is 5.61. The zero-order chi connectivity index (χ0) is 13.1. The topological polar surface area (TPSA) is 38.5 Å². The fourth-order valence-electron chi connectivity index (χ4n) is 3.58. The second-order valence-corrected chi connectivity index (χ2v) is 5.83. The third kappa shape index (κ3) is 2.55. The summed E-state index contributed by atoms with van der Waals surface area (Å²) in [6.07, 6.45) is 4.56. The van der Waals surface area contributed by atoms with Crippen LogP contribution >= 0.6 is 0 Å². The van der Waals surface area contributed by atoms with E-state index in [-0.39, 0.29) is 5.54 Å². The zero-order valence-corrected chi connectivity index (χ0v) is 11.6. The molecule has 104 valence electrons. The summed E-state index contributed by atoms with van der Waals surface area (Å²) in [5.41, 5.74) is 9.35. The van der Waals surface area contributed by atoms with Crippen LogP contribution in [0.4, 0.5) is 0 Å². The smallest absolute Gasteiger partial charge is 0.0593 e. The predicted octanol–water partition coefficient (Wildman–Crippen LogP) is 1.60. The van der Waals surface area contributed by atoms with E-state index in [1.807, 2.05) is 0 Å². The van der Waals surface area contributed by atoms with Gasteiger partial charge in [0.25, 0.3) is 0 Å². The molecule has 0 bridgehead atoms. The summed E-state index contributed by atoms with van der Waals surface area (Å²) in [6.45, 7) is 4.65. The molecule has 2 N–H and O–H groups in total. The van der Waals surface area contributed by atoms with Crippen LogP contribution in [-0.2, 0) is 17.6 Å². The van der Waals surface area contributed by atoms with Gasteiger partial charge in [-0.25, -0.2) is 0 Å². The van der Waals surface area contributed by atoms with E-state index in [0.29, 0.717) is 0 Å².